The van der Waals surface area contributed by atoms with Crippen LogP contribution in [0.15, 0.2) is 29.2 Å². The number of carbonyl (C=O) groups is 1. The van der Waals surface area contributed by atoms with Gasteiger partial charge in [-0.3, -0.25) is 4.79 Å². The van der Waals surface area contributed by atoms with E-state index in [9.17, 15) is 4.79 Å². The third-order valence-electron chi connectivity index (χ3n) is 2.31. The van der Waals surface area contributed by atoms with E-state index in [1.807, 2.05) is 33.0 Å². The van der Waals surface area contributed by atoms with Gasteiger partial charge in [-0.1, -0.05) is 12.1 Å². The molecule has 0 spiro atoms. The second-order valence-electron chi connectivity index (χ2n) is 3.83. The standard InChI is InChI=1S/C13H20N2OS/c1-4-15-13(16)10(2)17-12-7-5-6-11(8-12)9-14-3/h5-8,10,14H,4,9H2,1-3H3,(H,15,16). The van der Waals surface area contributed by atoms with Crippen LogP contribution < -0.4 is 10.6 Å². The van der Waals surface area contributed by atoms with E-state index in [0.29, 0.717) is 6.54 Å². The molecule has 1 rings (SSSR count). The molecule has 3 nitrogen and oxygen atoms in total. The van der Waals surface area contributed by atoms with Crippen LogP contribution in [0.3, 0.4) is 0 Å². The van der Waals surface area contributed by atoms with Gasteiger partial charge in [-0.05, 0) is 38.6 Å². The van der Waals surface area contributed by atoms with Gasteiger partial charge in [0.25, 0.3) is 0 Å². The predicted molar refractivity (Wildman–Crippen MR) is 73.2 cm³/mol. The van der Waals surface area contributed by atoms with Gasteiger partial charge < -0.3 is 10.6 Å². The first-order valence-corrected chi connectivity index (χ1v) is 6.73. The van der Waals surface area contributed by atoms with Crippen LogP contribution in [-0.4, -0.2) is 24.7 Å². The van der Waals surface area contributed by atoms with Crippen molar-refractivity contribution in [3.63, 3.8) is 0 Å². The Kier molecular flexibility index (Phi) is 6.08. The highest BCUT2D eigenvalue weighted by molar-refractivity contribution is 8.00. The Hall–Kier alpha value is -1.00. The number of amides is 1. The molecule has 17 heavy (non-hydrogen) atoms. The van der Waals surface area contributed by atoms with Crippen LogP contribution in [0.2, 0.25) is 0 Å². The number of hydrogen-bond acceptors (Lipinski definition) is 3. The molecule has 0 aliphatic carbocycles. The minimum atomic E-state index is -0.0558. The zero-order chi connectivity index (χ0) is 12.7. The molecule has 0 aliphatic rings. The first-order chi connectivity index (χ1) is 8.17. The van der Waals surface area contributed by atoms with Gasteiger partial charge >= 0.3 is 0 Å². The second-order valence-corrected chi connectivity index (χ2v) is 5.25. The lowest BCUT2D eigenvalue weighted by Crippen LogP contribution is -2.30. The van der Waals surface area contributed by atoms with Crippen molar-refractivity contribution in [1.82, 2.24) is 10.6 Å². The second kappa shape index (κ2) is 7.35. The number of hydrogen-bond donors (Lipinski definition) is 2. The molecule has 1 amide bonds. The van der Waals surface area contributed by atoms with Crippen molar-refractivity contribution in [3.8, 4) is 0 Å². The Bertz CT molecular complexity index is 368. The molecule has 4 heteroatoms. The summed E-state index contributed by atoms with van der Waals surface area (Å²) in [6, 6.07) is 8.27. The third-order valence-corrected chi connectivity index (χ3v) is 3.41. The lowest BCUT2D eigenvalue weighted by molar-refractivity contribution is -0.120. The summed E-state index contributed by atoms with van der Waals surface area (Å²) in [5, 5.41) is 5.90. The Morgan fingerprint density at radius 1 is 1.47 bits per heavy atom. The summed E-state index contributed by atoms with van der Waals surface area (Å²) in [7, 11) is 1.93. The van der Waals surface area contributed by atoms with Crippen LogP contribution in [0.4, 0.5) is 0 Å². The summed E-state index contributed by atoms with van der Waals surface area (Å²) in [5.41, 5.74) is 1.24. The fraction of sp³-hybridized carbons (Fsp3) is 0.462. The van der Waals surface area contributed by atoms with E-state index in [1.165, 1.54) is 5.56 Å². The molecule has 0 saturated carbocycles. The Labute approximate surface area is 107 Å². The molecule has 0 heterocycles. The molecule has 2 N–H and O–H groups in total. The minimum absolute atomic E-state index is 0.0558. The van der Waals surface area contributed by atoms with E-state index in [1.54, 1.807) is 11.8 Å². The number of carbonyl (C=O) groups excluding carboxylic acids is 1. The molecule has 0 bridgehead atoms. The normalized spacial score (nSPS) is 12.2. The highest BCUT2D eigenvalue weighted by atomic mass is 32.2. The lowest BCUT2D eigenvalue weighted by atomic mass is 10.2. The molecule has 1 atom stereocenters. The molecule has 0 fully saturated rings. The first kappa shape index (κ1) is 14.1. The average Bonchev–Trinajstić information content (AvgIpc) is 2.30. The molecule has 94 valence electrons. The Balaban J connectivity index is 2.61. The summed E-state index contributed by atoms with van der Waals surface area (Å²) in [6.45, 7) is 5.40. The fourth-order valence-electron chi connectivity index (χ4n) is 1.51. The third kappa shape index (κ3) is 4.79. The number of thioether (sulfide) groups is 1. The molecular weight excluding hydrogens is 232 g/mol. The van der Waals surface area contributed by atoms with Crippen LogP contribution in [0.5, 0.6) is 0 Å². The van der Waals surface area contributed by atoms with Crippen molar-refractivity contribution in [2.45, 2.75) is 30.5 Å². The zero-order valence-corrected chi connectivity index (χ0v) is 11.4. The van der Waals surface area contributed by atoms with Crippen molar-refractivity contribution in [3.05, 3.63) is 29.8 Å². The monoisotopic (exact) mass is 252 g/mol. The maximum atomic E-state index is 11.6. The molecule has 0 radical (unpaired) electrons. The smallest absolute Gasteiger partial charge is 0.233 e. The van der Waals surface area contributed by atoms with Gasteiger partial charge in [-0.2, -0.15) is 0 Å². The topological polar surface area (TPSA) is 41.1 Å². The van der Waals surface area contributed by atoms with Crippen molar-refractivity contribution in [2.24, 2.45) is 0 Å². The summed E-state index contributed by atoms with van der Waals surface area (Å²) >= 11 is 1.59. The average molecular weight is 252 g/mol. The molecule has 1 aromatic carbocycles. The Morgan fingerprint density at radius 3 is 2.88 bits per heavy atom. The van der Waals surface area contributed by atoms with Crippen LogP contribution in [0.1, 0.15) is 19.4 Å². The van der Waals surface area contributed by atoms with E-state index < -0.39 is 0 Å². The van der Waals surface area contributed by atoms with E-state index in [0.717, 1.165) is 11.4 Å². The summed E-state index contributed by atoms with van der Waals surface area (Å²) < 4.78 is 0. The van der Waals surface area contributed by atoms with Crippen LogP contribution in [0, 0.1) is 0 Å². The maximum absolute atomic E-state index is 11.6. The molecular formula is C13H20N2OS. The molecule has 1 aromatic rings. The van der Waals surface area contributed by atoms with Gasteiger partial charge in [0.1, 0.15) is 0 Å². The van der Waals surface area contributed by atoms with Crippen molar-refractivity contribution < 1.29 is 4.79 Å². The van der Waals surface area contributed by atoms with Gasteiger partial charge in [0.15, 0.2) is 0 Å². The molecule has 0 aliphatic heterocycles. The summed E-state index contributed by atoms with van der Waals surface area (Å²) in [5.74, 6) is 0.0940. The van der Waals surface area contributed by atoms with Crippen molar-refractivity contribution in [2.75, 3.05) is 13.6 Å². The van der Waals surface area contributed by atoms with Gasteiger partial charge in [-0.25, -0.2) is 0 Å². The van der Waals surface area contributed by atoms with Crippen LogP contribution >= 0.6 is 11.8 Å². The SMILES string of the molecule is CCNC(=O)C(C)Sc1cccc(CNC)c1. The summed E-state index contributed by atoms with van der Waals surface area (Å²) in [6.07, 6.45) is 0. The van der Waals surface area contributed by atoms with Crippen LogP contribution in [0.25, 0.3) is 0 Å². The number of benzene rings is 1. The van der Waals surface area contributed by atoms with Crippen molar-refractivity contribution >= 4 is 17.7 Å². The summed E-state index contributed by atoms with van der Waals surface area (Å²) in [4.78, 5) is 12.7. The lowest BCUT2D eigenvalue weighted by Gasteiger charge is -2.11. The fourth-order valence-corrected chi connectivity index (χ4v) is 2.48. The number of rotatable bonds is 6. The first-order valence-electron chi connectivity index (χ1n) is 5.85. The zero-order valence-electron chi connectivity index (χ0n) is 10.6. The van der Waals surface area contributed by atoms with Gasteiger partial charge in [0.2, 0.25) is 5.91 Å². The highest BCUT2D eigenvalue weighted by Gasteiger charge is 2.13. The van der Waals surface area contributed by atoms with Gasteiger partial charge in [-0.15, -0.1) is 11.8 Å². The van der Waals surface area contributed by atoms with E-state index >= 15 is 0 Å². The number of nitrogens with one attached hydrogen (secondary N) is 2. The van der Waals surface area contributed by atoms with Crippen LogP contribution in [-0.2, 0) is 11.3 Å². The van der Waals surface area contributed by atoms with Gasteiger partial charge in [0, 0.05) is 18.0 Å². The molecule has 0 aromatic heterocycles. The maximum Gasteiger partial charge on any atom is 0.233 e. The molecule has 1 unspecified atom stereocenters. The molecule has 0 saturated heterocycles. The Morgan fingerprint density at radius 2 is 2.24 bits per heavy atom. The quantitative estimate of drug-likeness (QED) is 0.761. The van der Waals surface area contributed by atoms with E-state index in [2.05, 4.69) is 22.8 Å². The minimum Gasteiger partial charge on any atom is -0.355 e. The van der Waals surface area contributed by atoms with Crippen molar-refractivity contribution in [1.29, 1.82) is 0 Å². The predicted octanol–water partition coefficient (Wildman–Crippen LogP) is 2.02. The highest BCUT2D eigenvalue weighted by Crippen LogP contribution is 2.24. The van der Waals surface area contributed by atoms with E-state index in [4.69, 9.17) is 0 Å². The van der Waals surface area contributed by atoms with Gasteiger partial charge in [0.05, 0.1) is 5.25 Å². The van der Waals surface area contributed by atoms with E-state index in [-0.39, 0.29) is 11.2 Å². The largest absolute Gasteiger partial charge is 0.355 e.